The normalized spacial score (nSPS) is 12.3. The molecule has 0 unspecified atom stereocenters. The van der Waals surface area contributed by atoms with E-state index < -0.39 is 25.5 Å². The van der Waals surface area contributed by atoms with Crippen molar-refractivity contribution < 1.29 is 27.9 Å². The molecular weight excluding hydrogens is 393 g/mol. The molecule has 0 radical (unpaired) electrons. The SMILES string of the molecule is COC(=O)[C@@H](Cc1ccccc1C)NC(=O)c1ccc(CP(=O)(OC)OC)cc1. The van der Waals surface area contributed by atoms with E-state index >= 15 is 0 Å². The van der Waals surface area contributed by atoms with Crippen molar-refractivity contribution in [2.24, 2.45) is 0 Å². The molecule has 1 amide bonds. The van der Waals surface area contributed by atoms with Crippen LogP contribution in [0.2, 0.25) is 0 Å². The molecule has 0 bridgehead atoms. The summed E-state index contributed by atoms with van der Waals surface area (Å²) in [6, 6.07) is 13.4. The van der Waals surface area contributed by atoms with E-state index in [1.807, 2.05) is 31.2 Å². The van der Waals surface area contributed by atoms with Crippen LogP contribution in [0.4, 0.5) is 0 Å². The van der Waals surface area contributed by atoms with Crippen molar-refractivity contribution >= 4 is 19.5 Å². The molecule has 2 rings (SSSR count). The van der Waals surface area contributed by atoms with Gasteiger partial charge in [0.15, 0.2) is 0 Å². The number of amides is 1. The monoisotopic (exact) mass is 419 g/mol. The Balaban J connectivity index is 2.12. The van der Waals surface area contributed by atoms with Gasteiger partial charge >= 0.3 is 13.6 Å². The molecule has 0 saturated heterocycles. The van der Waals surface area contributed by atoms with E-state index in [4.69, 9.17) is 13.8 Å². The lowest BCUT2D eigenvalue weighted by molar-refractivity contribution is -0.142. The van der Waals surface area contributed by atoms with Gasteiger partial charge in [0.1, 0.15) is 6.04 Å². The number of aryl methyl sites for hydroxylation is 1. The van der Waals surface area contributed by atoms with Crippen molar-refractivity contribution in [3.05, 3.63) is 70.8 Å². The van der Waals surface area contributed by atoms with Crippen molar-refractivity contribution in [3.8, 4) is 0 Å². The Morgan fingerprint density at radius 2 is 1.62 bits per heavy atom. The fourth-order valence-electron chi connectivity index (χ4n) is 2.82. The maximum atomic E-state index is 12.6. The van der Waals surface area contributed by atoms with Crippen LogP contribution in [0.5, 0.6) is 0 Å². The average Bonchev–Trinajstić information content (AvgIpc) is 2.74. The second-order valence-electron chi connectivity index (χ2n) is 6.51. The largest absolute Gasteiger partial charge is 0.467 e. The first kappa shape index (κ1) is 22.8. The highest BCUT2D eigenvalue weighted by atomic mass is 31.2. The first-order valence-electron chi connectivity index (χ1n) is 9.04. The summed E-state index contributed by atoms with van der Waals surface area (Å²) in [4.78, 5) is 24.8. The fraction of sp³-hybridized carbons (Fsp3) is 0.333. The summed E-state index contributed by atoms with van der Waals surface area (Å²) in [5.74, 6) is -0.915. The van der Waals surface area contributed by atoms with Crippen LogP contribution < -0.4 is 5.32 Å². The summed E-state index contributed by atoms with van der Waals surface area (Å²) in [6.07, 6.45) is 0.425. The lowest BCUT2D eigenvalue weighted by Crippen LogP contribution is -2.43. The molecule has 1 N–H and O–H groups in total. The summed E-state index contributed by atoms with van der Waals surface area (Å²) < 4.78 is 26.9. The minimum Gasteiger partial charge on any atom is -0.467 e. The summed E-state index contributed by atoms with van der Waals surface area (Å²) in [6.45, 7) is 1.95. The molecule has 0 aliphatic rings. The zero-order valence-electron chi connectivity index (χ0n) is 17.0. The van der Waals surface area contributed by atoms with E-state index in [0.717, 1.165) is 11.1 Å². The maximum absolute atomic E-state index is 12.6. The van der Waals surface area contributed by atoms with Crippen LogP contribution >= 0.6 is 7.60 Å². The molecule has 7 nitrogen and oxygen atoms in total. The van der Waals surface area contributed by atoms with Gasteiger partial charge < -0.3 is 19.1 Å². The summed E-state index contributed by atoms with van der Waals surface area (Å²) in [5.41, 5.74) is 3.06. The Hall–Kier alpha value is -2.47. The predicted molar refractivity (Wildman–Crippen MR) is 110 cm³/mol. The molecule has 0 aliphatic heterocycles. The summed E-state index contributed by atoms with van der Waals surface area (Å²) >= 11 is 0. The minimum atomic E-state index is -3.19. The van der Waals surface area contributed by atoms with Crippen LogP contribution in [0, 0.1) is 6.92 Å². The van der Waals surface area contributed by atoms with Gasteiger partial charge in [-0.3, -0.25) is 9.36 Å². The average molecular weight is 419 g/mol. The number of hydrogen-bond acceptors (Lipinski definition) is 6. The van der Waals surface area contributed by atoms with E-state index in [-0.39, 0.29) is 6.16 Å². The Kier molecular flexibility index (Phi) is 8.14. The molecule has 8 heteroatoms. The van der Waals surface area contributed by atoms with Crippen LogP contribution in [0.25, 0.3) is 0 Å². The highest BCUT2D eigenvalue weighted by molar-refractivity contribution is 7.52. The molecule has 0 spiro atoms. The number of rotatable bonds is 9. The Morgan fingerprint density at radius 3 is 2.17 bits per heavy atom. The molecule has 2 aromatic carbocycles. The van der Waals surface area contributed by atoms with Crippen LogP contribution in [0.15, 0.2) is 48.5 Å². The molecule has 156 valence electrons. The van der Waals surface area contributed by atoms with E-state index in [1.165, 1.54) is 21.3 Å². The van der Waals surface area contributed by atoms with Gasteiger partial charge in [-0.25, -0.2) is 4.79 Å². The quantitative estimate of drug-likeness (QED) is 0.494. The Bertz CT molecular complexity index is 888. The first-order chi connectivity index (χ1) is 13.8. The predicted octanol–water partition coefficient (Wildman–Crippen LogP) is 3.50. The Labute approximate surface area is 170 Å². The van der Waals surface area contributed by atoms with Crippen molar-refractivity contribution in [1.29, 1.82) is 0 Å². The molecular formula is C21H26NO6P. The molecule has 0 fully saturated rings. The number of methoxy groups -OCH3 is 1. The minimum absolute atomic E-state index is 0.0972. The van der Waals surface area contributed by atoms with Crippen molar-refractivity contribution in [1.82, 2.24) is 5.32 Å². The van der Waals surface area contributed by atoms with Crippen LogP contribution in [-0.2, 0) is 35.7 Å². The lowest BCUT2D eigenvalue weighted by atomic mass is 10.0. The zero-order valence-corrected chi connectivity index (χ0v) is 17.9. The highest BCUT2D eigenvalue weighted by Crippen LogP contribution is 2.49. The van der Waals surface area contributed by atoms with Gasteiger partial charge in [0.25, 0.3) is 5.91 Å². The molecule has 29 heavy (non-hydrogen) atoms. The molecule has 0 aromatic heterocycles. The van der Waals surface area contributed by atoms with Gasteiger partial charge in [-0.05, 0) is 35.7 Å². The van der Waals surface area contributed by atoms with E-state index in [0.29, 0.717) is 17.5 Å². The van der Waals surface area contributed by atoms with Gasteiger partial charge in [0.2, 0.25) is 0 Å². The van der Waals surface area contributed by atoms with Gasteiger partial charge in [0.05, 0.1) is 13.3 Å². The number of ether oxygens (including phenoxy) is 1. The summed E-state index contributed by atoms with van der Waals surface area (Å²) in [7, 11) is 0.756. The zero-order chi connectivity index (χ0) is 21.4. The number of esters is 1. The van der Waals surface area contributed by atoms with Crippen molar-refractivity contribution in [2.45, 2.75) is 25.5 Å². The van der Waals surface area contributed by atoms with Gasteiger partial charge in [-0.2, -0.15) is 0 Å². The van der Waals surface area contributed by atoms with E-state index in [9.17, 15) is 14.2 Å². The molecule has 0 aliphatic carbocycles. The van der Waals surface area contributed by atoms with E-state index in [2.05, 4.69) is 5.32 Å². The highest BCUT2D eigenvalue weighted by Gasteiger charge is 2.24. The van der Waals surface area contributed by atoms with Crippen molar-refractivity contribution in [2.75, 3.05) is 21.3 Å². The van der Waals surface area contributed by atoms with Gasteiger partial charge in [0, 0.05) is 26.2 Å². The molecule has 1 atom stereocenters. The van der Waals surface area contributed by atoms with Gasteiger partial charge in [-0.1, -0.05) is 36.4 Å². The van der Waals surface area contributed by atoms with Crippen LogP contribution in [0.3, 0.4) is 0 Å². The summed E-state index contributed by atoms with van der Waals surface area (Å²) in [5, 5.41) is 2.73. The second-order valence-corrected chi connectivity index (χ2v) is 8.78. The molecule has 2 aromatic rings. The number of benzene rings is 2. The van der Waals surface area contributed by atoms with E-state index in [1.54, 1.807) is 24.3 Å². The second kappa shape index (κ2) is 10.3. The maximum Gasteiger partial charge on any atom is 0.334 e. The number of hydrogen-bond donors (Lipinski definition) is 1. The standard InChI is InChI=1S/C21H26NO6P/c1-15-7-5-6-8-18(15)13-19(21(24)26-2)22-20(23)17-11-9-16(10-12-17)14-29(25,27-3)28-4/h5-12,19H,13-14H2,1-4H3,(H,22,23)/t19-/m1/s1. The third kappa shape index (κ3) is 6.26. The fourth-order valence-corrected chi connectivity index (χ4v) is 3.89. The Morgan fingerprint density at radius 1 is 1.00 bits per heavy atom. The van der Waals surface area contributed by atoms with Gasteiger partial charge in [-0.15, -0.1) is 0 Å². The molecule has 0 heterocycles. The number of carbonyl (C=O) groups excluding carboxylic acids is 2. The molecule has 0 saturated carbocycles. The third-order valence-electron chi connectivity index (χ3n) is 4.63. The lowest BCUT2D eigenvalue weighted by Gasteiger charge is -2.18. The van der Waals surface area contributed by atoms with Crippen molar-refractivity contribution in [3.63, 3.8) is 0 Å². The first-order valence-corrected chi connectivity index (χ1v) is 10.8. The number of nitrogens with one attached hydrogen (secondary N) is 1. The smallest absolute Gasteiger partial charge is 0.334 e. The van der Waals surface area contributed by atoms with Crippen LogP contribution in [0.1, 0.15) is 27.0 Å². The number of carbonyl (C=O) groups is 2. The third-order valence-corrected chi connectivity index (χ3v) is 6.49. The van der Waals surface area contributed by atoms with Crippen LogP contribution in [-0.4, -0.2) is 39.2 Å². The topological polar surface area (TPSA) is 90.9 Å².